The topological polar surface area (TPSA) is 95.7 Å². The first-order valence-electron chi connectivity index (χ1n) is 9.86. The SMILES string of the molecule is C[C@H](NC(=O)C1CCN(Cc2cccc(Br)c2)[C@H]2c3ccccc3C(=O)N12)C(N)=O. The van der Waals surface area contributed by atoms with Crippen LogP contribution in [0.2, 0.25) is 0 Å². The van der Waals surface area contributed by atoms with E-state index in [9.17, 15) is 14.4 Å². The van der Waals surface area contributed by atoms with Crippen molar-refractivity contribution in [2.75, 3.05) is 6.54 Å². The van der Waals surface area contributed by atoms with E-state index in [1.807, 2.05) is 36.4 Å². The maximum atomic E-state index is 13.2. The minimum atomic E-state index is -0.796. The van der Waals surface area contributed by atoms with Gasteiger partial charge in [-0.3, -0.25) is 19.3 Å². The van der Waals surface area contributed by atoms with Crippen molar-refractivity contribution in [1.82, 2.24) is 15.1 Å². The van der Waals surface area contributed by atoms with Gasteiger partial charge in [0.1, 0.15) is 18.2 Å². The highest BCUT2D eigenvalue weighted by atomic mass is 79.9. The zero-order chi connectivity index (χ0) is 21.4. The second kappa shape index (κ2) is 8.20. The van der Waals surface area contributed by atoms with Gasteiger partial charge in [-0.25, -0.2) is 0 Å². The van der Waals surface area contributed by atoms with E-state index in [1.165, 1.54) is 0 Å². The van der Waals surface area contributed by atoms with Gasteiger partial charge in [-0.05, 0) is 37.1 Å². The number of nitrogens with two attached hydrogens (primary N) is 1. The Morgan fingerprint density at radius 2 is 2.00 bits per heavy atom. The van der Waals surface area contributed by atoms with Crippen LogP contribution in [0.15, 0.2) is 53.0 Å². The summed E-state index contributed by atoms with van der Waals surface area (Å²) in [6.07, 6.45) is 0.141. The third kappa shape index (κ3) is 3.73. The normalized spacial score (nSPS) is 21.7. The summed E-state index contributed by atoms with van der Waals surface area (Å²) < 4.78 is 0.995. The molecule has 7 nitrogen and oxygen atoms in total. The van der Waals surface area contributed by atoms with Gasteiger partial charge >= 0.3 is 0 Å². The fourth-order valence-electron chi connectivity index (χ4n) is 4.22. The molecule has 30 heavy (non-hydrogen) atoms. The van der Waals surface area contributed by atoms with E-state index in [2.05, 4.69) is 32.2 Å². The number of nitrogens with zero attached hydrogens (tertiary/aromatic N) is 2. The molecule has 0 spiro atoms. The van der Waals surface area contributed by atoms with Crippen LogP contribution in [-0.2, 0) is 16.1 Å². The number of carbonyl (C=O) groups excluding carboxylic acids is 3. The zero-order valence-electron chi connectivity index (χ0n) is 16.5. The van der Waals surface area contributed by atoms with Crippen LogP contribution in [0, 0.1) is 0 Å². The predicted octanol–water partition coefficient (Wildman–Crippen LogP) is 2.17. The van der Waals surface area contributed by atoms with E-state index in [0.29, 0.717) is 25.1 Å². The van der Waals surface area contributed by atoms with E-state index in [0.717, 1.165) is 15.6 Å². The monoisotopic (exact) mass is 470 g/mol. The number of amides is 3. The van der Waals surface area contributed by atoms with Gasteiger partial charge in [0.2, 0.25) is 11.8 Å². The molecule has 0 aromatic heterocycles. The standard InChI is InChI=1S/C22H23BrN4O3/c1-13(19(24)28)25-20(29)18-9-10-26(12-14-5-4-6-15(23)11-14)21-16-7-2-3-8-17(16)22(30)27(18)21/h2-8,11,13,18,21H,9-10,12H2,1H3,(H2,24,28)(H,25,29)/t13-,18?,21+/m0/s1. The Kier molecular flexibility index (Phi) is 5.62. The Hall–Kier alpha value is -2.71. The molecule has 1 saturated heterocycles. The summed E-state index contributed by atoms with van der Waals surface area (Å²) in [6, 6.07) is 14.1. The predicted molar refractivity (Wildman–Crippen MR) is 115 cm³/mol. The summed E-state index contributed by atoms with van der Waals surface area (Å²) in [5, 5.41) is 2.65. The highest BCUT2D eigenvalue weighted by molar-refractivity contribution is 9.10. The van der Waals surface area contributed by atoms with Crippen molar-refractivity contribution in [3.63, 3.8) is 0 Å². The van der Waals surface area contributed by atoms with Crippen LogP contribution < -0.4 is 11.1 Å². The highest BCUT2D eigenvalue weighted by Gasteiger charge is 2.48. The third-order valence-electron chi connectivity index (χ3n) is 5.70. The maximum absolute atomic E-state index is 13.2. The Bertz CT molecular complexity index is 1010. The van der Waals surface area contributed by atoms with Crippen molar-refractivity contribution < 1.29 is 14.4 Å². The molecular formula is C22H23BrN4O3. The van der Waals surface area contributed by atoms with E-state index >= 15 is 0 Å². The molecule has 1 fully saturated rings. The van der Waals surface area contributed by atoms with Gasteiger partial charge < -0.3 is 16.0 Å². The molecular weight excluding hydrogens is 448 g/mol. The minimum absolute atomic E-state index is 0.165. The molecule has 156 valence electrons. The van der Waals surface area contributed by atoms with Crippen LogP contribution in [0.4, 0.5) is 0 Å². The molecule has 0 radical (unpaired) electrons. The Labute approximate surface area is 183 Å². The van der Waals surface area contributed by atoms with Crippen LogP contribution in [-0.4, -0.2) is 46.1 Å². The lowest BCUT2D eigenvalue weighted by atomic mass is 10.0. The van der Waals surface area contributed by atoms with Crippen LogP contribution in [0.1, 0.15) is 41.0 Å². The Morgan fingerprint density at radius 1 is 1.23 bits per heavy atom. The fourth-order valence-corrected chi connectivity index (χ4v) is 4.67. The molecule has 0 bridgehead atoms. The summed E-state index contributed by atoms with van der Waals surface area (Å²) in [7, 11) is 0. The molecule has 2 heterocycles. The molecule has 2 aliphatic rings. The number of primary amides is 1. The largest absolute Gasteiger partial charge is 0.368 e. The summed E-state index contributed by atoms with van der Waals surface area (Å²) in [6.45, 7) is 2.83. The van der Waals surface area contributed by atoms with Crippen molar-refractivity contribution in [3.05, 3.63) is 69.7 Å². The zero-order valence-corrected chi connectivity index (χ0v) is 18.1. The number of hydrogen-bond acceptors (Lipinski definition) is 4. The number of hydrogen-bond donors (Lipinski definition) is 2. The van der Waals surface area contributed by atoms with Crippen LogP contribution in [0.3, 0.4) is 0 Å². The van der Waals surface area contributed by atoms with Crippen molar-refractivity contribution in [2.45, 2.75) is 38.1 Å². The lowest BCUT2D eigenvalue weighted by Crippen LogP contribution is -2.58. The van der Waals surface area contributed by atoms with Crippen LogP contribution >= 0.6 is 15.9 Å². The van der Waals surface area contributed by atoms with Crippen molar-refractivity contribution in [3.8, 4) is 0 Å². The lowest BCUT2D eigenvalue weighted by Gasteiger charge is -2.44. The molecule has 2 aromatic carbocycles. The average molecular weight is 471 g/mol. The van der Waals surface area contributed by atoms with E-state index in [4.69, 9.17) is 5.73 Å². The molecule has 2 aromatic rings. The van der Waals surface area contributed by atoms with Gasteiger partial charge in [0.15, 0.2) is 0 Å². The highest BCUT2D eigenvalue weighted by Crippen LogP contribution is 2.42. The Morgan fingerprint density at radius 3 is 2.73 bits per heavy atom. The second-order valence-corrected chi connectivity index (χ2v) is 8.63. The Balaban J connectivity index is 1.66. The first-order valence-corrected chi connectivity index (χ1v) is 10.7. The average Bonchev–Trinajstić information content (AvgIpc) is 3.02. The molecule has 3 N–H and O–H groups in total. The number of benzene rings is 2. The number of halogens is 1. The van der Waals surface area contributed by atoms with Gasteiger partial charge in [0.05, 0.1) is 0 Å². The molecule has 1 unspecified atom stereocenters. The smallest absolute Gasteiger partial charge is 0.256 e. The van der Waals surface area contributed by atoms with Crippen molar-refractivity contribution in [2.24, 2.45) is 5.73 Å². The van der Waals surface area contributed by atoms with Gasteiger partial charge in [-0.1, -0.05) is 46.3 Å². The number of rotatable bonds is 5. The lowest BCUT2D eigenvalue weighted by molar-refractivity contribution is -0.134. The van der Waals surface area contributed by atoms with E-state index < -0.39 is 18.0 Å². The molecule has 3 atom stereocenters. The third-order valence-corrected chi connectivity index (χ3v) is 6.19. The first-order chi connectivity index (χ1) is 14.4. The van der Waals surface area contributed by atoms with Crippen LogP contribution in [0.25, 0.3) is 0 Å². The summed E-state index contributed by atoms with van der Waals surface area (Å²) in [5.74, 6) is -1.13. The van der Waals surface area contributed by atoms with Gasteiger partial charge in [0, 0.05) is 28.7 Å². The maximum Gasteiger partial charge on any atom is 0.256 e. The molecule has 8 heteroatoms. The van der Waals surface area contributed by atoms with Crippen molar-refractivity contribution >= 4 is 33.7 Å². The number of fused-ring (bicyclic) bond motifs is 3. The molecule has 0 aliphatic carbocycles. The molecule has 2 aliphatic heterocycles. The van der Waals surface area contributed by atoms with Gasteiger partial charge in [-0.15, -0.1) is 0 Å². The van der Waals surface area contributed by atoms with Gasteiger partial charge in [-0.2, -0.15) is 0 Å². The number of carbonyl (C=O) groups is 3. The summed E-state index contributed by atoms with van der Waals surface area (Å²) in [4.78, 5) is 41.4. The molecule has 3 amide bonds. The van der Waals surface area contributed by atoms with Crippen LogP contribution in [0.5, 0.6) is 0 Å². The second-order valence-electron chi connectivity index (χ2n) is 7.71. The first kappa shape index (κ1) is 20.6. The van der Waals surface area contributed by atoms with E-state index in [-0.39, 0.29) is 18.0 Å². The minimum Gasteiger partial charge on any atom is -0.368 e. The summed E-state index contributed by atoms with van der Waals surface area (Å²) >= 11 is 3.51. The molecule has 4 rings (SSSR count). The van der Waals surface area contributed by atoms with Gasteiger partial charge in [0.25, 0.3) is 5.91 Å². The van der Waals surface area contributed by atoms with Crippen molar-refractivity contribution in [1.29, 1.82) is 0 Å². The van der Waals surface area contributed by atoms with E-state index in [1.54, 1.807) is 17.9 Å². The fraction of sp³-hybridized carbons (Fsp3) is 0.318. The number of nitrogens with one attached hydrogen (secondary N) is 1. The summed E-state index contributed by atoms with van der Waals surface area (Å²) in [5.41, 5.74) is 7.92. The molecule has 0 saturated carbocycles. The quantitative estimate of drug-likeness (QED) is 0.699.